The zero-order valence-electron chi connectivity index (χ0n) is 12.2. The molecule has 6 heteroatoms. The average Bonchev–Trinajstić information content (AvgIpc) is 2.36. The van der Waals surface area contributed by atoms with Crippen molar-refractivity contribution in [1.29, 1.82) is 0 Å². The fourth-order valence-corrected chi connectivity index (χ4v) is 1.50. The van der Waals surface area contributed by atoms with Crippen molar-refractivity contribution in [2.24, 2.45) is 0 Å². The molecule has 0 bridgehead atoms. The number of hydrogen-bond donors (Lipinski definition) is 1. The van der Waals surface area contributed by atoms with Crippen molar-refractivity contribution >= 4 is 11.7 Å². The monoisotopic (exact) mass is 280 g/mol. The minimum Gasteiger partial charge on any atom is -0.458 e. The van der Waals surface area contributed by atoms with Crippen LogP contribution in [0.3, 0.4) is 0 Å². The van der Waals surface area contributed by atoms with Crippen molar-refractivity contribution in [2.45, 2.75) is 39.3 Å². The number of carbonyl (C=O) groups is 1. The standard InChI is InChI=1S/C14H20N2O4/c1-10(2)20-13(17)14(4,16(18)19)9-15-12-7-5-11(3)6-8-12/h5-8,10,15H,9H2,1-4H3. The highest BCUT2D eigenvalue weighted by Crippen LogP contribution is 2.16. The third-order valence-corrected chi connectivity index (χ3v) is 2.87. The summed E-state index contributed by atoms with van der Waals surface area (Å²) < 4.78 is 4.96. The van der Waals surface area contributed by atoms with Gasteiger partial charge in [-0.25, -0.2) is 4.79 Å². The molecule has 6 nitrogen and oxygen atoms in total. The molecule has 1 rings (SSSR count). The molecule has 0 spiro atoms. The maximum atomic E-state index is 11.9. The fraction of sp³-hybridized carbons (Fsp3) is 0.500. The van der Waals surface area contributed by atoms with E-state index in [1.54, 1.807) is 13.8 Å². The Morgan fingerprint density at radius 2 is 1.95 bits per heavy atom. The van der Waals surface area contributed by atoms with E-state index in [0.29, 0.717) is 0 Å². The van der Waals surface area contributed by atoms with Crippen LogP contribution >= 0.6 is 0 Å². The van der Waals surface area contributed by atoms with Crippen molar-refractivity contribution in [3.63, 3.8) is 0 Å². The lowest BCUT2D eigenvalue weighted by atomic mass is 10.0. The number of hydrogen-bond acceptors (Lipinski definition) is 5. The van der Waals surface area contributed by atoms with Gasteiger partial charge in [0, 0.05) is 17.5 Å². The first kappa shape index (κ1) is 15.9. The topological polar surface area (TPSA) is 81.5 Å². The first-order chi connectivity index (χ1) is 9.25. The molecule has 1 unspecified atom stereocenters. The highest BCUT2D eigenvalue weighted by molar-refractivity contribution is 5.79. The predicted molar refractivity (Wildman–Crippen MR) is 76.3 cm³/mol. The Morgan fingerprint density at radius 3 is 2.40 bits per heavy atom. The van der Waals surface area contributed by atoms with E-state index in [2.05, 4.69) is 5.32 Å². The normalized spacial score (nSPS) is 13.7. The van der Waals surface area contributed by atoms with Gasteiger partial charge >= 0.3 is 11.5 Å². The Hall–Kier alpha value is -2.11. The van der Waals surface area contributed by atoms with Crippen molar-refractivity contribution < 1.29 is 14.5 Å². The van der Waals surface area contributed by atoms with E-state index in [0.717, 1.165) is 11.3 Å². The van der Waals surface area contributed by atoms with Gasteiger partial charge in [0.2, 0.25) is 0 Å². The molecule has 0 fully saturated rings. The Balaban J connectivity index is 2.79. The molecule has 1 atom stereocenters. The third-order valence-electron chi connectivity index (χ3n) is 2.87. The molecule has 0 radical (unpaired) electrons. The van der Waals surface area contributed by atoms with Gasteiger partial charge in [0.1, 0.15) is 0 Å². The summed E-state index contributed by atoms with van der Waals surface area (Å²) in [7, 11) is 0. The van der Waals surface area contributed by atoms with Gasteiger partial charge in [-0.15, -0.1) is 0 Å². The lowest BCUT2D eigenvalue weighted by Gasteiger charge is -2.21. The number of nitro groups is 1. The van der Waals surface area contributed by atoms with E-state index < -0.39 is 16.4 Å². The summed E-state index contributed by atoms with van der Waals surface area (Å²) in [5.74, 6) is -0.836. The summed E-state index contributed by atoms with van der Waals surface area (Å²) >= 11 is 0. The highest BCUT2D eigenvalue weighted by atomic mass is 16.6. The van der Waals surface area contributed by atoms with E-state index in [1.165, 1.54) is 6.92 Å². The minimum atomic E-state index is -1.81. The Kier molecular flexibility index (Phi) is 5.07. The fourth-order valence-electron chi connectivity index (χ4n) is 1.50. The molecule has 0 amide bonds. The molecule has 0 aliphatic heterocycles. The minimum absolute atomic E-state index is 0.130. The molecule has 1 aromatic carbocycles. The van der Waals surface area contributed by atoms with Crippen LogP contribution in [-0.4, -0.2) is 29.1 Å². The van der Waals surface area contributed by atoms with Crippen molar-refractivity contribution in [1.82, 2.24) is 0 Å². The van der Waals surface area contributed by atoms with E-state index in [4.69, 9.17) is 4.74 Å². The Bertz CT molecular complexity index is 484. The SMILES string of the molecule is Cc1ccc(NCC(C)(C(=O)OC(C)C)[N+](=O)[O-])cc1. The number of anilines is 1. The number of aryl methyl sites for hydroxylation is 1. The lowest BCUT2D eigenvalue weighted by molar-refractivity contribution is -0.547. The van der Waals surface area contributed by atoms with Gasteiger partial charge in [-0.2, -0.15) is 0 Å². The second-order valence-corrected chi connectivity index (χ2v) is 5.20. The molecule has 1 aromatic rings. The van der Waals surface area contributed by atoms with Crippen LogP contribution in [0.4, 0.5) is 5.69 Å². The zero-order valence-corrected chi connectivity index (χ0v) is 12.2. The molecule has 0 aliphatic rings. The maximum absolute atomic E-state index is 11.9. The largest absolute Gasteiger partial charge is 0.458 e. The third kappa shape index (κ3) is 3.94. The van der Waals surface area contributed by atoms with Gasteiger partial charge in [-0.05, 0) is 32.9 Å². The summed E-state index contributed by atoms with van der Waals surface area (Å²) in [6.07, 6.45) is -0.388. The molecule has 0 saturated heterocycles. The van der Waals surface area contributed by atoms with Crippen molar-refractivity contribution in [3.8, 4) is 0 Å². The van der Waals surface area contributed by atoms with E-state index >= 15 is 0 Å². The van der Waals surface area contributed by atoms with Crippen LogP contribution in [0.5, 0.6) is 0 Å². The summed E-state index contributed by atoms with van der Waals surface area (Å²) in [6.45, 7) is 6.40. The van der Waals surface area contributed by atoms with Crippen LogP contribution in [0.15, 0.2) is 24.3 Å². The molecular formula is C14H20N2O4. The second kappa shape index (κ2) is 6.36. The molecule has 0 aliphatic carbocycles. The molecular weight excluding hydrogens is 260 g/mol. The summed E-state index contributed by atoms with van der Waals surface area (Å²) in [5.41, 5.74) is 0.00244. The van der Waals surface area contributed by atoms with Crippen LogP contribution < -0.4 is 5.32 Å². The Labute approximate surface area is 118 Å². The van der Waals surface area contributed by atoms with Crippen LogP contribution in [0.2, 0.25) is 0 Å². The van der Waals surface area contributed by atoms with Crippen molar-refractivity contribution in [3.05, 3.63) is 39.9 Å². The van der Waals surface area contributed by atoms with E-state index in [-0.39, 0.29) is 12.6 Å². The van der Waals surface area contributed by atoms with Gasteiger partial charge in [0.25, 0.3) is 0 Å². The number of nitrogens with zero attached hydrogens (tertiary/aromatic N) is 1. The first-order valence-electron chi connectivity index (χ1n) is 6.42. The predicted octanol–water partition coefficient (Wildman–Crippen LogP) is 2.39. The van der Waals surface area contributed by atoms with Gasteiger partial charge < -0.3 is 10.1 Å². The number of carbonyl (C=O) groups excluding carboxylic acids is 1. The number of rotatable bonds is 6. The number of benzene rings is 1. The van der Waals surface area contributed by atoms with Crippen LogP contribution in [0.1, 0.15) is 26.3 Å². The van der Waals surface area contributed by atoms with Gasteiger partial charge in [-0.1, -0.05) is 17.7 Å². The highest BCUT2D eigenvalue weighted by Gasteiger charge is 2.48. The van der Waals surface area contributed by atoms with E-state index in [1.807, 2.05) is 31.2 Å². The maximum Gasteiger partial charge on any atom is 0.386 e. The lowest BCUT2D eigenvalue weighted by Crippen LogP contribution is -2.50. The molecule has 20 heavy (non-hydrogen) atoms. The van der Waals surface area contributed by atoms with Gasteiger partial charge in [0.15, 0.2) is 0 Å². The molecule has 0 aromatic heterocycles. The number of ether oxygens (including phenoxy) is 1. The Morgan fingerprint density at radius 1 is 1.40 bits per heavy atom. The second-order valence-electron chi connectivity index (χ2n) is 5.20. The molecule has 0 saturated carbocycles. The number of esters is 1. The molecule has 0 heterocycles. The first-order valence-corrected chi connectivity index (χ1v) is 6.42. The summed E-state index contributed by atoms with van der Waals surface area (Å²) in [5, 5.41) is 14.1. The van der Waals surface area contributed by atoms with Crippen LogP contribution in [-0.2, 0) is 9.53 Å². The summed E-state index contributed by atoms with van der Waals surface area (Å²) in [4.78, 5) is 22.5. The van der Waals surface area contributed by atoms with Crippen LogP contribution in [0.25, 0.3) is 0 Å². The van der Waals surface area contributed by atoms with E-state index in [9.17, 15) is 14.9 Å². The van der Waals surface area contributed by atoms with Crippen molar-refractivity contribution in [2.75, 3.05) is 11.9 Å². The summed E-state index contributed by atoms with van der Waals surface area (Å²) in [6, 6.07) is 7.39. The van der Waals surface area contributed by atoms with Gasteiger partial charge in [0.05, 0.1) is 12.6 Å². The number of nitrogens with one attached hydrogen (secondary N) is 1. The van der Waals surface area contributed by atoms with Gasteiger partial charge in [-0.3, -0.25) is 10.1 Å². The average molecular weight is 280 g/mol. The molecule has 110 valence electrons. The smallest absolute Gasteiger partial charge is 0.386 e. The molecule has 1 N–H and O–H groups in total. The van der Waals surface area contributed by atoms with Crippen LogP contribution in [0, 0.1) is 17.0 Å². The zero-order chi connectivity index (χ0) is 15.3. The quantitative estimate of drug-likeness (QED) is 0.491.